The maximum Gasteiger partial charge on any atom is 0.262 e. The van der Waals surface area contributed by atoms with Crippen molar-refractivity contribution in [3.05, 3.63) is 43.1 Å². The number of nitrogens with zero attached hydrogens (tertiary/aromatic N) is 2. The molecule has 0 saturated carbocycles. The van der Waals surface area contributed by atoms with Crippen molar-refractivity contribution in [3.63, 3.8) is 0 Å². The molecule has 3 aromatic heterocycles. The Morgan fingerprint density at radius 3 is 2.60 bits per heavy atom. The summed E-state index contributed by atoms with van der Waals surface area (Å²) >= 11 is 2.41. The molecule has 30 heavy (non-hydrogen) atoms. The largest absolute Gasteiger partial charge is 0.365 e. The summed E-state index contributed by atoms with van der Waals surface area (Å²) in [5.41, 5.74) is 12.2. The van der Waals surface area contributed by atoms with E-state index in [9.17, 15) is 19.2 Å². The molecule has 1 aliphatic carbocycles. The van der Waals surface area contributed by atoms with Crippen LogP contribution in [0.15, 0.2) is 11.1 Å². The molecule has 0 aromatic carbocycles. The van der Waals surface area contributed by atoms with Crippen molar-refractivity contribution in [2.24, 2.45) is 11.5 Å². The van der Waals surface area contributed by atoms with Crippen LogP contribution in [0.4, 0.5) is 5.00 Å². The standard InChI is InChI=1S/C19H19N5O4S2/c1-8-12-17(30-14(8)16(21)27)22-7-24(19(12)28)6-11(25)23-18-13(15(20)26)9-4-2-3-5-10(9)29-18/h7H,2-6H2,1H3,(H2,20,26)(H2,21,27)(H,23,25). The van der Waals surface area contributed by atoms with Crippen molar-refractivity contribution in [1.82, 2.24) is 9.55 Å². The summed E-state index contributed by atoms with van der Waals surface area (Å²) < 4.78 is 1.17. The second kappa shape index (κ2) is 7.65. The van der Waals surface area contributed by atoms with Gasteiger partial charge in [-0.1, -0.05) is 0 Å². The molecular formula is C19H19N5O4S2. The number of anilines is 1. The Balaban J connectivity index is 1.63. The number of fused-ring (bicyclic) bond motifs is 2. The predicted molar refractivity (Wildman–Crippen MR) is 115 cm³/mol. The molecule has 11 heteroatoms. The van der Waals surface area contributed by atoms with Crippen molar-refractivity contribution in [1.29, 1.82) is 0 Å². The zero-order chi connectivity index (χ0) is 21.6. The van der Waals surface area contributed by atoms with Crippen molar-refractivity contribution in [3.8, 4) is 0 Å². The minimum absolute atomic E-state index is 0.270. The fraction of sp³-hybridized carbons (Fsp3) is 0.316. The lowest BCUT2D eigenvalue weighted by Gasteiger charge is -2.11. The van der Waals surface area contributed by atoms with Crippen LogP contribution in [0.1, 0.15) is 48.9 Å². The van der Waals surface area contributed by atoms with E-state index in [0.29, 0.717) is 21.0 Å². The molecule has 0 spiro atoms. The minimum atomic E-state index is -0.625. The van der Waals surface area contributed by atoms with Crippen LogP contribution >= 0.6 is 22.7 Å². The molecule has 5 N–H and O–H groups in total. The molecule has 3 aromatic rings. The summed E-state index contributed by atoms with van der Waals surface area (Å²) in [5, 5.41) is 3.42. The number of rotatable bonds is 5. The number of carbonyl (C=O) groups excluding carboxylic acids is 3. The topological polar surface area (TPSA) is 150 Å². The van der Waals surface area contributed by atoms with E-state index in [2.05, 4.69) is 10.3 Å². The van der Waals surface area contributed by atoms with Crippen molar-refractivity contribution in [2.45, 2.75) is 39.2 Å². The average Bonchev–Trinajstić information content (AvgIpc) is 3.21. The third kappa shape index (κ3) is 3.39. The molecule has 0 saturated heterocycles. The maximum absolute atomic E-state index is 12.8. The Kier molecular flexibility index (Phi) is 5.16. The molecule has 1 aliphatic rings. The first-order valence-corrected chi connectivity index (χ1v) is 10.9. The molecule has 3 amide bonds. The number of aromatic nitrogens is 2. The fourth-order valence-electron chi connectivity index (χ4n) is 3.74. The van der Waals surface area contributed by atoms with Gasteiger partial charge in [-0.05, 0) is 43.7 Å². The summed E-state index contributed by atoms with van der Waals surface area (Å²) in [6.07, 6.45) is 4.90. The summed E-state index contributed by atoms with van der Waals surface area (Å²) in [6.45, 7) is 1.34. The van der Waals surface area contributed by atoms with Gasteiger partial charge in [0.05, 0.1) is 22.2 Å². The lowest BCUT2D eigenvalue weighted by Crippen LogP contribution is -2.28. The maximum atomic E-state index is 12.8. The zero-order valence-corrected chi connectivity index (χ0v) is 17.7. The first-order chi connectivity index (χ1) is 14.3. The number of aryl methyl sites for hydroxylation is 2. The summed E-state index contributed by atoms with van der Waals surface area (Å²) in [6, 6.07) is 0. The molecule has 0 atom stereocenters. The molecule has 0 aliphatic heterocycles. The lowest BCUT2D eigenvalue weighted by atomic mass is 9.95. The van der Waals surface area contributed by atoms with Crippen LogP contribution in [-0.4, -0.2) is 27.3 Å². The van der Waals surface area contributed by atoms with Gasteiger partial charge in [-0.15, -0.1) is 22.7 Å². The van der Waals surface area contributed by atoms with Crippen LogP contribution in [0, 0.1) is 6.92 Å². The number of nitrogens with one attached hydrogen (secondary N) is 1. The third-order valence-corrected chi connectivity index (χ3v) is 7.55. The van der Waals surface area contributed by atoms with Gasteiger partial charge in [-0.3, -0.25) is 23.7 Å². The number of amides is 3. The third-order valence-electron chi connectivity index (χ3n) is 5.13. The first-order valence-electron chi connectivity index (χ1n) is 9.30. The molecule has 0 radical (unpaired) electrons. The lowest BCUT2D eigenvalue weighted by molar-refractivity contribution is -0.116. The highest BCUT2D eigenvalue weighted by molar-refractivity contribution is 7.20. The van der Waals surface area contributed by atoms with E-state index in [-0.39, 0.29) is 16.8 Å². The van der Waals surface area contributed by atoms with Gasteiger partial charge in [0.15, 0.2) is 0 Å². The van der Waals surface area contributed by atoms with Gasteiger partial charge in [-0.2, -0.15) is 0 Å². The van der Waals surface area contributed by atoms with Crippen LogP contribution in [-0.2, 0) is 24.2 Å². The Labute approximate surface area is 178 Å². The summed E-state index contributed by atoms with van der Waals surface area (Å²) in [4.78, 5) is 54.9. The monoisotopic (exact) mass is 445 g/mol. The Morgan fingerprint density at radius 1 is 1.17 bits per heavy atom. The van der Waals surface area contributed by atoms with Crippen LogP contribution in [0.25, 0.3) is 10.2 Å². The van der Waals surface area contributed by atoms with Gasteiger partial charge in [0.1, 0.15) is 16.4 Å². The Hall–Kier alpha value is -3.05. The van der Waals surface area contributed by atoms with E-state index >= 15 is 0 Å². The number of hydrogen-bond donors (Lipinski definition) is 3. The highest BCUT2D eigenvalue weighted by Crippen LogP contribution is 2.37. The summed E-state index contributed by atoms with van der Waals surface area (Å²) in [7, 11) is 0. The zero-order valence-electron chi connectivity index (χ0n) is 16.1. The molecular weight excluding hydrogens is 426 g/mol. The fourth-order valence-corrected chi connectivity index (χ4v) is 6.04. The normalized spacial score (nSPS) is 13.2. The molecule has 0 fully saturated rings. The van der Waals surface area contributed by atoms with Crippen molar-refractivity contribution in [2.75, 3.05) is 5.32 Å². The van der Waals surface area contributed by atoms with Crippen molar-refractivity contribution < 1.29 is 14.4 Å². The molecule has 0 unspecified atom stereocenters. The van der Waals surface area contributed by atoms with E-state index in [1.165, 1.54) is 22.2 Å². The van der Waals surface area contributed by atoms with Gasteiger partial charge in [0, 0.05) is 4.88 Å². The number of hydrogen-bond acceptors (Lipinski definition) is 7. The van der Waals surface area contributed by atoms with Crippen LogP contribution < -0.4 is 22.3 Å². The second-order valence-corrected chi connectivity index (χ2v) is 9.21. The van der Waals surface area contributed by atoms with E-state index in [4.69, 9.17) is 11.5 Å². The summed E-state index contributed by atoms with van der Waals surface area (Å²) in [5.74, 6) is -1.67. The van der Waals surface area contributed by atoms with Crippen LogP contribution in [0.3, 0.4) is 0 Å². The quantitative estimate of drug-likeness (QED) is 0.544. The van der Waals surface area contributed by atoms with Crippen LogP contribution in [0.5, 0.6) is 0 Å². The van der Waals surface area contributed by atoms with E-state index < -0.39 is 23.3 Å². The Bertz CT molecular complexity index is 1270. The van der Waals surface area contributed by atoms with Gasteiger partial charge < -0.3 is 16.8 Å². The van der Waals surface area contributed by atoms with Gasteiger partial charge in [-0.25, -0.2) is 4.98 Å². The molecule has 156 valence electrons. The van der Waals surface area contributed by atoms with Crippen LogP contribution in [0.2, 0.25) is 0 Å². The first kappa shape index (κ1) is 20.2. The molecule has 0 bridgehead atoms. The molecule has 3 heterocycles. The van der Waals surface area contributed by atoms with E-state index in [1.807, 2.05) is 0 Å². The van der Waals surface area contributed by atoms with Gasteiger partial charge >= 0.3 is 0 Å². The Morgan fingerprint density at radius 2 is 1.90 bits per heavy atom. The SMILES string of the molecule is Cc1c(C(N)=O)sc2ncn(CC(=O)Nc3sc4c(c3C(N)=O)CCCC4)c(=O)c12. The van der Waals surface area contributed by atoms with Gasteiger partial charge in [0.25, 0.3) is 17.4 Å². The minimum Gasteiger partial charge on any atom is -0.365 e. The number of nitrogens with two attached hydrogens (primary N) is 2. The predicted octanol–water partition coefficient (Wildman–Crippen LogP) is 1.54. The van der Waals surface area contributed by atoms with E-state index in [0.717, 1.165) is 47.5 Å². The van der Waals surface area contributed by atoms with Crippen molar-refractivity contribution >= 4 is 55.6 Å². The smallest absolute Gasteiger partial charge is 0.262 e. The van der Waals surface area contributed by atoms with E-state index in [1.54, 1.807) is 6.92 Å². The second-order valence-electron chi connectivity index (χ2n) is 7.11. The van der Waals surface area contributed by atoms with Gasteiger partial charge in [0.2, 0.25) is 5.91 Å². The highest BCUT2D eigenvalue weighted by atomic mass is 32.1. The number of primary amides is 2. The number of thiophene rings is 2. The highest BCUT2D eigenvalue weighted by Gasteiger charge is 2.25. The molecule has 4 rings (SSSR count). The average molecular weight is 446 g/mol. The number of carbonyl (C=O) groups is 3. The molecule has 9 nitrogen and oxygen atoms in total.